The predicted octanol–water partition coefficient (Wildman–Crippen LogP) is 4.64. The number of hydrogen-bond donors (Lipinski definition) is 2. The molecule has 1 aromatic heterocycles. The first-order valence-corrected chi connectivity index (χ1v) is 15.1. The summed E-state index contributed by atoms with van der Waals surface area (Å²) in [6, 6.07) is 3.32. The number of aliphatic hydroxyl groups is 1. The minimum Gasteiger partial charge on any atom is -0.489 e. The smallest absolute Gasteiger partial charge is 0.430 e. The Kier molecular flexibility index (Phi) is 10.0. The van der Waals surface area contributed by atoms with E-state index in [1.165, 1.54) is 24.2 Å². The van der Waals surface area contributed by atoms with Gasteiger partial charge >= 0.3 is 18.4 Å². The minimum absolute atomic E-state index is 0.112. The van der Waals surface area contributed by atoms with Gasteiger partial charge in [0.25, 0.3) is 11.5 Å². The largest absolute Gasteiger partial charge is 0.489 e. The number of benzene rings is 1. The lowest BCUT2D eigenvalue weighted by Gasteiger charge is -2.34. The molecular formula is C31H37F6N5O5. The number of nitrogens with zero attached hydrogens (tertiary/aromatic N) is 4. The summed E-state index contributed by atoms with van der Waals surface area (Å²) >= 11 is 0. The Labute approximate surface area is 267 Å². The van der Waals surface area contributed by atoms with Crippen molar-refractivity contribution in [2.75, 3.05) is 37.6 Å². The number of carbonyl (C=O) groups is 3. The number of hydrogen-bond acceptors (Lipinski definition) is 7. The average Bonchev–Trinajstić information content (AvgIpc) is 3.13. The molecule has 0 bridgehead atoms. The highest BCUT2D eigenvalue weighted by molar-refractivity contribution is 6.09. The van der Waals surface area contributed by atoms with Crippen molar-refractivity contribution in [3.63, 3.8) is 0 Å². The van der Waals surface area contributed by atoms with Crippen LogP contribution in [-0.2, 0) is 27.1 Å². The molecule has 0 aliphatic carbocycles. The van der Waals surface area contributed by atoms with E-state index in [1.54, 1.807) is 17.9 Å². The highest BCUT2D eigenvalue weighted by atomic mass is 19.4. The number of nitrogens with one attached hydrogen (secondary N) is 1. The van der Waals surface area contributed by atoms with E-state index in [0.29, 0.717) is 42.5 Å². The summed E-state index contributed by atoms with van der Waals surface area (Å²) in [5.41, 5.74) is -6.92. The number of anilines is 1. The van der Waals surface area contributed by atoms with Crippen LogP contribution in [0.25, 0.3) is 0 Å². The molecule has 1 atom stereocenters. The Morgan fingerprint density at radius 1 is 1.04 bits per heavy atom. The lowest BCUT2D eigenvalue weighted by Crippen LogP contribution is -2.54. The van der Waals surface area contributed by atoms with E-state index in [2.05, 4.69) is 10.3 Å². The van der Waals surface area contributed by atoms with Crippen molar-refractivity contribution in [1.29, 1.82) is 0 Å². The molecule has 10 nitrogen and oxygen atoms in total. The van der Waals surface area contributed by atoms with Gasteiger partial charge in [0.2, 0.25) is 5.91 Å². The summed E-state index contributed by atoms with van der Waals surface area (Å²) in [7, 11) is 0. The van der Waals surface area contributed by atoms with Crippen LogP contribution in [0.3, 0.4) is 0 Å². The number of urea groups is 1. The van der Waals surface area contributed by atoms with Crippen molar-refractivity contribution in [3.05, 3.63) is 53.3 Å². The Balaban J connectivity index is 1.49. The molecular weight excluding hydrogens is 636 g/mol. The number of ether oxygens (including phenoxy) is 1. The molecule has 2 N–H and O–H groups in total. The van der Waals surface area contributed by atoms with Gasteiger partial charge in [-0.25, -0.2) is 4.79 Å². The fourth-order valence-electron chi connectivity index (χ4n) is 5.78. The first-order valence-electron chi connectivity index (χ1n) is 15.1. The molecule has 2 saturated heterocycles. The molecule has 1 aromatic carbocycles. The van der Waals surface area contributed by atoms with Gasteiger partial charge in [-0.05, 0) is 51.3 Å². The van der Waals surface area contributed by atoms with Gasteiger partial charge in [0.05, 0.1) is 12.3 Å². The topological polar surface area (TPSA) is 115 Å². The number of amides is 4. The van der Waals surface area contributed by atoms with Crippen LogP contribution in [0, 0.1) is 0 Å². The van der Waals surface area contributed by atoms with Crippen molar-refractivity contribution in [2.45, 2.75) is 76.6 Å². The SMILES string of the molecule is CCCc1cc(C(O)(C(F)(F)F)C(F)(F)F)ccc1N1CCCN(C(=O)CN2C(=O)NC(C)(c3cncc(OC(C)C)c3)C2=O)CC1. The second kappa shape index (κ2) is 13.2. The zero-order valence-corrected chi connectivity index (χ0v) is 26.3. The van der Waals surface area contributed by atoms with Gasteiger partial charge in [-0.15, -0.1) is 0 Å². The average molecular weight is 674 g/mol. The number of imide groups is 1. The van der Waals surface area contributed by atoms with Crippen molar-refractivity contribution < 1.29 is 50.6 Å². The molecule has 3 heterocycles. The molecule has 0 saturated carbocycles. The summed E-state index contributed by atoms with van der Waals surface area (Å²) < 4.78 is 86.9. The van der Waals surface area contributed by atoms with E-state index in [0.717, 1.165) is 17.0 Å². The van der Waals surface area contributed by atoms with Gasteiger partial charge in [0.15, 0.2) is 0 Å². The molecule has 47 heavy (non-hydrogen) atoms. The second-order valence-electron chi connectivity index (χ2n) is 12.0. The maximum Gasteiger partial charge on any atom is 0.430 e. The highest BCUT2D eigenvalue weighted by Gasteiger charge is 2.71. The zero-order chi connectivity index (χ0) is 34.9. The number of rotatable bonds is 9. The number of aromatic nitrogens is 1. The number of aryl methyl sites for hydroxylation is 1. The molecule has 0 radical (unpaired) electrons. The lowest BCUT2D eigenvalue weighted by molar-refractivity contribution is -0.376. The summed E-state index contributed by atoms with van der Waals surface area (Å²) in [5.74, 6) is -0.769. The number of alkyl halides is 6. The third kappa shape index (κ3) is 6.97. The molecule has 4 amide bonds. The summed E-state index contributed by atoms with van der Waals surface area (Å²) in [5, 5.41) is 12.5. The van der Waals surface area contributed by atoms with Crippen LogP contribution in [0.1, 0.15) is 57.2 Å². The van der Waals surface area contributed by atoms with Crippen LogP contribution in [0.2, 0.25) is 0 Å². The number of carbonyl (C=O) groups excluding carboxylic acids is 3. The van der Waals surface area contributed by atoms with Crippen LogP contribution >= 0.6 is 0 Å². The molecule has 2 aliphatic heterocycles. The minimum atomic E-state index is -6.01. The summed E-state index contributed by atoms with van der Waals surface area (Å²) in [6.07, 6.45) is -8.34. The van der Waals surface area contributed by atoms with E-state index in [9.17, 15) is 45.8 Å². The van der Waals surface area contributed by atoms with Crippen molar-refractivity contribution in [1.82, 2.24) is 20.1 Å². The van der Waals surface area contributed by atoms with Crippen molar-refractivity contribution in [2.24, 2.45) is 0 Å². The summed E-state index contributed by atoms with van der Waals surface area (Å²) in [6.45, 7) is 7.16. The molecule has 258 valence electrons. The number of halogens is 6. The standard InChI is InChI=1S/C31H37F6N5O5/c1-5-7-20-14-21(29(46,30(32,33)34)31(35,36)37)8-9-24(20)40-10-6-11-41(13-12-40)25(43)18-42-26(44)28(4,39-27(42)45)22-15-23(17-38-16-22)47-19(2)3/h8-9,14-17,19,46H,5-7,10-13,18H2,1-4H3,(H,39,45). The van der Waals surface area contributed by atoms with Crippen LogP contribution in [0.4, 0.5) is 36.8 Å². The molecule has 2 aromatic rings. The predicted molar refractivity (Wildman–Crippen MR) is 157 cm³/mol. The third-order valence-electron chi connectivity index (χ3n) is 8.26. The van der Waals surface area contributed by atoms with Gasteiger partial charge in [0.1, 0.15) is 17.8 Å². The third-order valence-corrected chi connectivity index (χ3v) is 8.26. The monoisotopic (exact) mass is 673 g/mol. The van der Waals surface area contributed by atoms with Gasteiger partial charge < -0.3 is 25.0 Å². The summed E-state index contributed by atoms with van der Waals surface area (Å²) in [4.78, 5) is 47.8. The Bertz CT molecular complexity index is 1490. The van der Waals surface area contributed by atoms with Gasteiger partial charge in [-0.3, -0.25) is 19.5 Å². The maximum absolute atomic E-state index is 13.5. The van der Waals surface area contributed by atoms with E-state index < -0.39 is 53.4 Å². The normalized spacial score (nSPS) is 19.7. The van der Waals surface area contributed by atoms with Crippen LogP contribution in [0.15, 0.2) is 36.7 Å². The molecule has 2 fully saturated rings. The van der Waals surface area contributed by atoms with E-state index >= 15 is 0 Å². The highest BCUT2D eigenvalue weighted by Crippen LogP contribution is 2.50. The van der Waals surface area contributed by atoms with Gasteiger partial charge in [0, 0.05) is 49.2 Å². The van der Waals surface area contributed by atoms with E-state index in [1.807, 2.05) is 13.8 Å². The van der Waals surface area contributed by atoms with Gasteiger partial charge in [-0.1, -0.05) is 25.5 Å². The van der Waals surface area contributed by atoms with Gasteiger partial charge in [-0.2, -0.15) is 26.3 Å². The zero-order valence-electron chi connectivity index (χ0n) is 26.3. The van der Waals surface area contributed by atoms with Crippen LogP contribution in [0.5, 0.6) is 5.75 Å². The Morgan fingerprint density at radius 2 is 1.72 bits per heavy atom. The number of pyridine rings is 1. The first kappa shape index (κ1) is 35.8. The van der Waals surface area contributed by atoms with E-state index in [-0.39, 0.29) is 37.7 Å². The fraction of sp³-hybridized carbons (Fsp3) is 0.548. The van der Waals surface area contributed by atoms with Crippen molar-refractivity contribution >= 4 is 23.5 Å². The fourth-order valence-corrected chi connectivity index (χ4v) is 5.78. The quantitative estimate of drug-likeness (QED) is 0.295. The molecule has 0 spiro atoms. The molecule has 1 unspecified atom stereocenters. The van der Waals surface area contributed by atoms with E-state index in [4.69, 9.17) is 4.74 Å². The van der Waals surface area contributed by atoms with Crippen molar-refractivity contribution in [3.8, 4) is 5.75 Å². The lowest BCUT2D eigenvalue weighted by atomic mass is 9.89. The Morgan fingerprint density at radius 3 is 2.34 bits per heavy atom. The Hall–Kier alpha value is -4.08. The second-order valence-corrected chi connectivity index (χ2v) is 12.0. The molecule has 4 rings (SSSR count). The molecule has 2 aliphatic rings. The maximum atomic E-state index is 13.5. The molecule has 16 heteroatoms. The van der Waals surface area contributed by atoms with Crippen LogP contribution in [-0.4, -0.2) is 88.9 Å². The van der Waals surface area contributed by atoms with Crippen LogP contribution < -0.4 is 15.0 Å². The first-order chi connectivity index (χ1) is 21.8.